The summed E-state index contributed by atoms with van der Waals surface area (Å²) in [6.45, 7) is 15.2. The molecule has 0 fully saturated rings. The highest BCUT2D eigenvalue weighted by molar-refractivity contribution is 5.09. The van der Waals surface area contributed by atoms with Crippen LogP contribution in [0.2, 0.25) is 0 Å². The van der Waals surface area contributed by atoms with Crippen molar-refractivity contribution in [2.45, 2.75) is 39.6 Å². The molecule has 0 saturated carbocycles. The molecule has 1 aromatic heterocycles. The van der Waals surface area contributed by atoms with Crippen molar-refractivity contribution in [3.8, 4) is 18.0 Å². The molecule has 24 heavy (non-hydrogen) atoms. The summed E-state index contributed by atoms with van der Waals surface area (Å²) in [7, 11) is 0. The first kappa shape index (κ1) is 19.1. The van der Waals surface area contributed by atoms with Crippen LogP contribution in [-0.2, 0) is 14.2 Å². The lowest BCUT2D eigenvalue weighted by molar-refractivity contribution is -0.0374. The van der Waals surface area contributed by atoms with Gasteiger partial charge in [0.25, 0.3) is 0 Å². The Labute approximate surface area is 140 Å². The Morgan fingerprint density at radius 3 is 1.08 bits per heavy atom. The van der Waals surface area contributed by atoms with Gasteiger partial charge in [-0.3, -0.25) is 0 Å². The summed E-state index contributed by atoms with van der Waals surface area (Å²) >= 11 is 0. The van der Waals surface area contributed by atoms with Gasteiger partial charge in [0.15, 0.2) is 0 Å². The van der Waals surface area contributed by atoms with E-state index in [9.17, 15) is 0 Å². The number of nitrogens with zero attached hydrogens (tertiary/aromatic N) is 3. The van der Waals surface area contributed by atoms with Crippen LogP contribution in [-0.4, -0.2) is 33.8 Å². The molecule has 9 nitrogen and oxygen atoms in total. The third kappa shape index (κ3) is 6.86. The Hall–Kier alpha value is -2.97. The van der Waals surface area contributed by atoms with Crippen LogP contribution in [0.25, 0.3) is 0 Å². The third-order valence-electron chi connectivity index (χ3n) is 2.25. The molecule has 0 bridgehead atoms. The highest BCUT2D eigenvalue weighted by atomic mass is 16.7. The third-order valence-corrected chi connectivity index (χ3v) is 2.25. The minimum Gasteiger partial charge on any atom is -0.463 e. The maximum Gasteiger partial charge on any atom is 0.328 e. The van der Waals surface area contributed by atoms with E-state index >= 15 is 0 Å². The molecule has 3 atom stereocenters. The van der Waals surface area contributed by atoms with Crippen LogP contribution in [0.4, 0.5) is 0 Å². The van der Waals surface area contributed by atoms with Gasteiger partial charge in [-0.05, 0) is 0 Å². The zero-order chi connectivity index (χ0) is 17.9. The molecule has 1 aromatic rings. The number of hydrogen-bond acceptors (Lipinski definition) is 9. The van der Waals surface area contributed by atoms with Gasteiger partial charge in [-0.15, -0.1) is 15.0 Å². The molecule has 0 radical (unpaired) electrons. The van der Waals surface area contributed by atoms with Crippen LogP contribution >= 0.6 is 0 Å². The molecule has 0 aliphatic carbocycles. The van der Waals surface area contributed by atoms with Crippen LogP contribution in [0.5, 0.6) is 18.0 Å². The molecular weight excluding hydrogens is 318 g/mol. The normalized spacial score (nSPS) is 13.6. The van der Waals surface area contributed by atoms with E-state index in [-0.39, 0.29) is 18.0 Å². The average Bonchev–Trinajstić information content (AvgIpc) is 2.47. The van der Waals surface area contributed by atoms with E-state index in [0.717, 1.165) is 0 Å². The van der Waals surface area contributed by atoms with Crippen molar-refractivity contribution in [1.82, 2.24) is 15.0 Å². The van der Waals surface area contributed by atoms with Gasteiger partial charge in [-0.2, -0.15) is 0 Å². The topological polar surface area (TPSA) is 94.1 Å². The zero-order valence-corrected chi connectivity index (χ0v) is 13.9. The van der Waals surface area contributed by atoms with Gasteiger partial charge < -0.3 is 28.4 Å². The van der Waals surface area contributed by atoms with Crippen LogP contribution in [0.15, 0.2) is 38.5 Å². The van der Waals surface area contributed by atoms with Crippen LogP contribution in [0, 0.1) is 0 Å². The Morgan fingerprint density at radius 1 is 0.625 bits per heavy atom. The lowest BCUT2D eigenvalue weighted by Gasteiger charge is -2.16. The van der Waals surface area contributed by atoms with Gasteiger partial charge in [0, 0.05) is 20.8 Å². The summed E-state index contributed by atoms with van der Waals surface area (Å²) in [5.41, 5.74) is 0. The smallest absolute Gasteiger partial charge is 0.328 e. The Kier molecular flexibility index (Phi) is 7.89. The predicted octanol–water partition coefficient (Wildman–Crippen LogP) is 2.53. The summed E-state index contributed by atoms with van der Waals surface area (Å²) in [6, 6.07) is -0.206. The van der Waals surface area contributed by atoms with Crippen molar-refractivity contribution < 1.29 is 28.4 Å². The van der Waals surface area contributed by atoms with Crippen molar-refractivity contribution in [2.24, 2.45) is 0 Å². The second-order valence-corrected chi connectivity index (χ2v) is 4.15. The first-order chi connectivity index (χ1) is 11.5. The number of rotatable bonds is 12. The first-order valence-corrected chi connectivity index (χ1v) is 7.03. The Morgan fingerprint density at radius 2 is 0.875 bits per heavy atom. The monoisotopic (exact) mass is 339 g/mol. The Bertz CT molecular complexity index is 465. The molecule has 1 heterocycles. The summed E-state index contributed by atoms with van der Waals surface area (Å²) in [5, 5.41) is 0. The van der Waals surface area contributed by atoms with E-state index in [4.69, 9.17) is 28.4 Å². The van der Waals surface area contributed by atoms with Gasteiger partial charge in [0.1, 0.15) is 0 Å². The number of hydrogen-bond donors (Lipinski definition) is 0. The van der Waals surface area contributed by atoms with Crippen LogP contribution in [0.1, 0.15) is 20.8 Å². The average molecular weight is 339 g/mol. The van der Waals surface area contributed by atoms with Crippen LogP contribution in [0.3, 0.4) is 0 Å². The fraction of sp³-hybridized carbons (Fsp3) is 0.400. The lowest BCUT2D eigenvalue weighted by atomic mass is 10.7. The SMILES string of the molecule is C=COC(C)Oc1nc(OC(C)OC=C)nc(OC(C)OC=C)n1. The van der Waals surface area contributed by atoms with Crippen molar-refractivity contribution >= 4 is 0 Å². The molecule has 0 N–H and O–H groups in total. The van der Waals surface area contributed by atoms with E-state index in [0.29, 0.717) is 0 Å². The molecular formula is C15H21N3O6. The van der Waals surface area contributed by atoms with E-state index in [1.165, 1.54) is 18.8 Å². The minimum atomic E-state index is -0.672. The Balaban J connectivity index is 2.96. The highest BCUT2D eigenvalue weighted by Crippen LogP contribution is 2.18. The van der Waals surface area contributed by atoms with Crippen molar-refractivity contribution in [1.29, 1.82) is 0 Å². The van der Waals surface area contributed by atoms with Gasteiger partial charge in [0.05, 0.1) is 18.8 Å². The maximum atomic E-state index is 5.38. The quantitative estimate of drug-likeness (QED) is 0.420. The van der Waals surface area contributed by atoms with Gasteiger partial charge in [-0.1, -0.05) is 19.7 Å². The van der Waals surface area contributed by atoms with E-state index < -0.39 is 18.9 Å². The molecule has 3 unspecified atom stereocenters. The van der Waals surface area contributed by atoms with Crippen LogP contribution < -0.4 is 14.2 Å². The minimum absolute atomic E-state index is 0.0686. The van der Waals surface area contributed by atoms with E-state index in [1.54, 1.807) is 20.8 Å². The summed E-state index contributed by atoms with van der Waals surface area (Å²) in [5.74, 6) is 0. The lowest BCUT2D eigenvalue weighted by Crippen LogP contribution is -2.20. The molecule has 0 aromatic carbocycles. The van der Waals surface area contributed by atoms with Crippen molar-refractivity contribution in [3.63, 3.8) is 0 Å². The molecule has 0 saturated heterocycles. The number of ether oxygens (including phenoxy) is 6. The second kappa shape index (κ2) is 9.93. The van der Waals surface area contributed by atoms with Gasteiger partial charge in [0.2, 0.25) is 18.9 Å². The summed E-state index contributed by atoms with van der Waals surface area (Å²) in [6.07, 6.45) is 1.69. The molecule has 9 heteroatoms. The molecule has 0 spiro atoms. The fourth-order valence-corrected chi connectivity index (χ4v) is 1.41. The summed E-state index contributed by atoms with van der Waals surface area (Å²) < 4.78 is 31.3. The van der Waals surface area contributed by atoms with E-state index in [1.807, 2.05) is 0 Å². The van der Waals surface area contributed by atoms with E-state index in [2.05, 4.69) is 34.7 Å². The van der Waals surface area contributed by atoms with Crippen molar-refractivity contribution in [3.05, 3.63) is 38.5 Å². The largest absolute Gasteiger partial charge is 0.463 e. The molecule has 1 rings (SSSR count). The zero-order valence-electron chi connectivity index (χ0n) is 13.9. The molecule has 0 amide bonds. The molecule has 0 aliphatic heterocycles. The molecule has 132 valence electrons. The molecule has 0 aliphatic rings. The van der Waals surface area contributed by atoms with Crippen molar-refractivity contribution in [2.75, 3.05) is 0 Å². The fourth-order valence-electron chi connectivity index (χ4n) is 1.41. The predicted molar refractivity (Wildman–Crippen MR) is 83.9 cm³/mol. The first-order valence-electron chi connectivity index (χ1n) is 7.03. The highest BCUT2D eigenvalue weighted by Gasteiger charge is 2.16. The standard InChI is InChI=1S/C15H21N3O6/c1-7-19-10(4)22-13-16-14(23-11(5)20-8-2)18-15(17-13)24-12(6)21-9-3/h7-12H,1-3H2,4-6H3. The maximum absolute atomic E-state index is 5.38. The second-order valence-electron chi connectivity index (χ2n) is 4.15. The van der Waals surface area contributed by atoms with Gasteiger partial charge in [-0.25, -0.2) is 0 Å². The summed E-state index contributed by atoms with van der Waals surface area (Å²) in [4.78, 5) is 12.0. The number of aromatic nitrogens is 3. The van der Waals surface area contributed by atoms with Gasteiger partial charge >= 0.3 is 18.0 Å².